The Hall–Kier alpha value is -2.24. The first-order valence-corrected chi connectivity index (χ1v) is 13.4. The Morgan fingerprint density at radius 2 is 1.78 bits per heavy atom. The largest absolute Gasteiger partial charge is 0.463 e. The van der Waals surface area contributed by atoms with Crippen molar-refractivity contribution in [3.8, 4) is 5.88 Å². The summed E-state index contributed by atoms with van der Waals surface area (Å²) in [5.74, 6) is 1.62. The molecule has 2 aliphatic carbocycles. The molecule has 1 unspecified atom stereocenters. The van der Waals surface area contributed by atoms with E-state index in [1.54, 1.807) is 0 Å². The van der Waals surface area contributed by atoms with Crippen LogP contribution >= 0.6 is 7.37 Å². The highest BCUT2D eigenvalue weighted by molar-refractivity contribution is 7.59. The van der Waals surface area contributed by atoms with Gasteiger partial charge in [0.2, 0.25) is 13.2 Å². The number of anilines is 1. The number of hydrogen-bond acceptors (Lipinski definition) is 6. The van der Waals surface area contributed by atoms with Crippen molar-refractivity contribution in [2.75, 3.05) is 11.9 Å². The summed E-state index contributed by atoms with van der Waals surface area (Å²) in [6.07, 6.45) is 8.01. The standard InChI is InChI=1S/C24H31N4O3P/c1-24(2)21(28-20-22(25)26-14-27-23(20)31-24)18-9-7-17(8-10-18)16-5-3-15(4-6-16)13-32(29,30)19-11-12-19/h7-10,14-16,19H,3-6,11-13H2,1-2H3,(H,29,30)(H2,25,26,27)/t15-,16-. The van der Waals surface area contributed by atoms with Gasteiger partial charge in [-0.3, -0.25) is 4.57 Å². The van der Waals surface area contributed by atoms with Crippen LogP contribution in [0, 0.1) is 5.92 Å². The van der Waals surface area contributed by atoms with Crippen LogP contribution in [0.25, 0.3) is 0 Å². The van der Waals surface area contributed by atoms with Crippen molar-refractivity contribution in [1.29, 1.82) is 0 Å². The van der Waals surface area contributed by atoms with Crippen LogP contribution < -0.4 is 10.5 Å². The molecule has 2 aromatic rings. The van der Waals surface area contributed by atoms with Crippen molar-refractivity contribution in [3.63, 3.8) is 0 Å². The smallest absolute Gasteiger partial charge is 0.246 e. The van der Waals surface area contributed by atoms with E-state index in [2.05, 4.69) is 34.2 Å². The van der Waals surface area contributed by atoms with Crippen molar-refractivity contribution in [2.24, 2.45) is 10.9 Å². The van der Waals surface area contributed by atoms with Crippen LogP contribution in [0.2, 0.25) is 0 Å². The van der Waals surface area contributed by atoms with E-state index in [1.165, 1.54) is 11.9 Å². The Kier molecular flexibility index (Phi) is 5.37. The van der Waals surface area contributed by atoms with Crippen LogP contribution in [0.3, 0.4) is 0 Å². The van der Waals surface area contributed by atoms with Crippen molar-refractivity contribution in [1.82, 2.24) is 9.97 Å². The zero-order valence-corrected chi connectivity index (χ0v) is 19.6. The molecule has 0 spiro atoms. The summed E-state index contributed by atoms with van der Waals surface area (Å²) in [4.78, 5) is 23.2. The zero-order chi connectivity index (χ0) is 22.5. The average Bonchev–Trinajstić information content (AvgIpc) is 3.60. The van der Waals surface area contributed by atoms with Crippen molar-refractivity contribution in [3.05, 3.63) is 41.7 Å². The number of nitrogens with two attached hydrogens (primary N) is 1. The van der Waals surface area contributed by atoms with Gasteiger partial charge in [0.05, 0.1) is 5.71 Å². The lowest BCUT2D eigenvalue weighted by Crippen LogP contribution is -2.41. The molecule has 1 aromatic carbocycles. The van der Waals surface area contributed by atoms with Crippen LogP contribution in [-0.4, -0.2) is 38.0 Å². The quantitative estimate of drug-likeness (QED) is 0.611. The van der Waals surface area contributed by atoms with Crippen LogP contribution in [0.15, 0.2) is 35.6 Å². The van der Waals surface area contributed by atoms with Gasteiger partial charge in [0.25, 0.3) is 0 Å². The van der Waals surface area contributed by atoms with E-state index in [1.807, 2.05) is 13.8 Å². The lowest BCUT2D eigenvalue weighted by Gasteiger charge is -2.32. The number of hydrogen-bond donors (Lipinski definition) is 2. The summed E-state index contributed by atoms with van der Waals surface area (Å²) in [6.45, 7) is 3.95. The first-order chi connectivity index (χ1) is 15.2. The number of ether oxygens (including phenoxy) is 1. The molecule has 8 heteroatoms. The second kappa shape index (κ2) is 7.96. The normalized spacial score (nSPS) is 26.4. The molecule has 0 amide bonds. The summed E-state index contributed by atoms with van der Waals surface area (Å²) >= 11 is 0. The first-order valence-electron chi connectivity index (χ1n) is 11.5. The summed E-state index contributed by atoms with van der Waals surface area (Å²) in [5.41, 5.74) is 9.05. The van der Waals surface area contributed by atoms with Crippen molar-refractivity contribution in [2.45, 2.75) is 69.6 Å². The Morgan fingerprint density at radius 3 is 2.44 bits per heavy atom. The minimum absolute atomic E-state index is 0.0950. The monoisotopic (exact) mass is 454 g/mol. The molecule has 5 rings (SSSR count). The molecule has 170 valence electrons. The zero-order valence-electron chi connectivity index (χ0n) is 18.7. The van der Waals surface area contributed by atoms with Gasteiger partial charge >= 0.3 is 0 Å². The van der Waals surface area contributed by atoms with Gasteiger partial charge in [-0.25, -0.2) is 9.98 Å². The van der Waals surface area contributed by atoms with Gasteiger partial charge < -0.3 is 15.4 Å². The molecule has 1 aliphatic heterocycles. The molecule has 7 nitrogen and oxygen atoms in total. The molecule has 1 atom stereocenters. The van der Waals surface area contributed by atoms with E-state index in [0.29, 0.717) is 35.4 Å². The number of benzene rings is 1. The van der Waals surface area contributed by atoms with Crippen LogP contribution in [-0.2, 0) is 4.57 Å². The predicted octanol–water partition coefficient (Wildman–Crippen LogP) is 5.06. The fourth-order valence-electron chi connectivity index (χ4n) is 5.09. The van der Waals surface area contributed by atoms with Gasteiger partial charge in [-0.15, -0.1) is 0 Å². The summed E-state index contributed by atoms with van der Waals surface area (Å²) in [7, 11) is -2.92. The maximum Gasteiger partial charge on any atom is 0.246 e. The number of aliphatic imine (C=N–C) groups is 1. The maximum atomic E-state index is 12.5. The van der Waals surface area contributed by atoms with Crippen molar-refractivity contribution >= 4 is 24.6 Å². The summed E-state index contributed by atoms with van der Waals surface area (Å²) < 4.78 is 18.5. The van der Waals surface area contributed by atoms with Crippen molar-refractivity contribution < 1.29 is 14.2 Å². The minimum Gasteiger partial charge on any atom is -0.463 e. The Labute approximate surface area is 189 Å². The average molecular weight is 455 g/mol. The van der Waals surface area contributed by atoms with E-state index in [4.69, 9.17) is 15.5 Å². The molecular formula is C24H31N4O3P. The molecule has 3 N–H and O–H groups in total. The second-order valence-electron chi connectivity index (χ2n) is 9.99. The first kappa shape index (κ1) is 21.6. The molecular weight excluding hydrogens is 423 g/mol. The third-order valence-corrected chi connectivity index (χ3v) is 9.80. The number of fused-ring (bicyclic) bond motifs is 1. The topological polar surface area (TPSA) is 111 Å². The molecule has 1 aromatic heterocycles. The Morgan fingerprint density at radius 1 is 1.09 bits per heavy atom. The van der Waals surface area contributed by atoms with Crippen LogP contribution in [0.5, 0.6) is 5.88 Å². The van der Waals surface area contributed by atoms with Crippen LogP contribution in [0.1, 0.15) is 69.4 Å². The van der Waals surface area contributed by atoms with Gasteiger partial charge in [0.1, 0.15) is 11.9 Å². The maximum absolute atomic E-state index is 12.5. The van der Waals surface area contributed by atoms with Gasteiger partial charge in [-0.1, -0.05) is 24.3 Å². The predicted molar refractivity (Wildman–Crippen MR) is 126 cm³/mol. The van der Waals surface area contributed by atoms with Gasteiger partial charge in [-0.2, -0.15) is 4.98 Å². The van der Waals surface area contributed by atoms with Gasteiger partial charge in [0.15, 0.2) is 11.5 Å². The fourth-order valence-corrected chi connectivity index (χ4v) is 7.45. The van der Waals surface area contributed by atoms with E-state index >= 15 is 0 Å². The SMILES string of the molecule is CC1(C)Oc2ncnc(N)c2N=C1c1ccc([C@H]2CC[C@H](CP(=O)(O)C3CC3)CC2)cc1. The molecule has 2 saturated carbocycles. The summed E-state index contributed by atoms with van der Waals surface area (Å²) in [5, 5.41) is 0. The third-order valence-electron chi connectivity index (χ3n) is 7.10. The molecule has 3 aliphatic rings. The number of nitrogens with zero attached hydrogens (tertiary/aromatic N) is 3. The summed E-state index contributed by atoms with van der Waals surface area (Å²) in [6, 6.07) is 8.57. The van der Waals surface area contributed by atoms with E-state index in [9.17, 15) is 9.46 Å². The molecule has 32 heavy (non-hydrogen) atoms. The Bertz CT molecular complexity index is 1090. The lowest BCUT2D eigenvalue weighted by atomic mass is 9.79. The second-order valence-corrected chi connectivity index (χ2v) is 12.6. The molecule has 2 heterocycles. The minimum atomic E-state index is -2.92. The molecule has 0 saturated heterocycles. The lowest BCUT2D eigenvalue weighted by molar-refractivity contribution is 0.171. The van der Waals surface area contributed by atoms with E-state index in [0.717, 1.165) is 49.8 Å². The molecule has 0 bridgehead atoms. The highest BCUT2D eigenvalue weighted by Gasteiger charge is 2.41. The van der Waals surface area contributed by atoms with E-state index in [-0.39, 0.29) is 5.66 Å². The fraction of sp³-hybridized carbons (Fsp3) is 0.542. The van der Waals surface area contributed by atoms with E-state index < -0.39 is 13.0 Å². The molecule has 2 fully saturated rings. The van der Waals surface area contributed by atoms with Gasteiger partial charge in [0, 0.05) is 17.4 Å². The molecule has 0 radical (unpaired) electrons. The number of aromatic nitrogens is 2. The highest BCUT2D eigenvalue weighted by Crippen LogP contribution is 2.59. The third kappa shape index (κ3) is 4.20. The Balaban J connectivity index is 1.29. The van der Waals surface area contributed by atoms with Crippen LogP contribution in [0.4, 0.5) is 11.5 Å². The number of rotatable bonds is 5. The number of nitrogen functional groups attached to an aromatic ring is 1. The highest BCUT2D eigenvalue weighted by atomic mass is 31.2. The van der Waals surface area contributed by atoms with Gasteiger partial charge in [-0.05, 0) is 69.8 Å².